The highest BCUT2D eigenvalue weighted by Gasteiger charge is 2.52. The lowest BCUT2D eigenvalue weighted by Crippen LogP contribution is -2.40. The number of Topliss-reactive ketones (excluding diaryl/α,β-unsaturated/α-hetero) is 1. The van der Waals surface area contributed by atoms with Crippen molar-refractivity contribution >= 4 is 5.78 Å². The van der Waals surface area contributed by atoms with Crippen LogP contribution in [-0.2, 0) is 4.79 Å². The summed E-state index contributed by atoms with van der Waals surface area (Å²) in [7, 11) is 0. The molecule has 2 rings (SSSR count). The van der Waals surface area contributed by atoms with Gasteiger partial charge in [-0.2, -0.15) is 0 Å². The summed E-state index contributed by atoms with van der Waals surface area (Å²) in [6, 6.07) is 0. The Morgan fingerprint density at radius 3 is 2.52 bits per heavy atom. The number of fused-ring (bicyclic) bond motifs is 1. The minimum Gasteiger partial charge on any atom is -0.396 e. The van der Waals surface area contributed by atoms with Crippen LogP contribution >= 0.6 is 0 Å². The van der Waals surface area contributed by atoms with E-state index in [2.05, 4.69) is 13.8 Å². The number of aliphatic hydroxyl groups is 3. The molecule has 6 atom stereocenters. The van der Waals surface area contributed by atoms with Crippen LogP contribution in [0.2, 0.25) is 0 Å². The second-order valence-electron chi connectivity index (χ2n) is 10.3. The van der Waals surface area contributed by atoms with E-state index in [0.29, 0.717) is 30.0 Å². The zero-order chi connectivity index (χ0) is 20.2. The maximum Gasteiger partial charge on any atom is 0.136 e. The SMILES string of the molecule is CC(CO)CCC[C@@H](CC[C@@H](O)C(C)(C)O)[C@H]1CC[C@H]2C(=O)CCC[C@]12C. The fourth-order valence-electron chi connectivity index (χ4n) is 5.84. The molecule has 4 heteroatoms. The summed E-state index contributed by atoms with van der Waals surface area (Å²) in [5.41, 5.74) is -0.957. The standard InChI is InChI=1S/C23H42O4/c1-16(15-24)7-5-8-17(10-13-21(26)22(2,3)27)18-11-12-19-20(25)9-6-14-23(18,19)4/h16-19,21,24,26-27H,5-15H2,1-4H3/t16?,17-,18+,19-,21+,23+/m0/s1. The number of hydrogen-bond donors (Lipinski definition) is 3. The number of carbonyl (C=O) groups is 1. The summed E-state index contributed by atoms with van der Waals surface area (Å²) in [5, 5.41) is 29.7. The van der Waals surface area contributed by atoms with Gasteiger partial charge in [-0.25, -0.2) is 0 Å². The summed E-state index contributed by atoms with van der Waals surface area (Å²) in [6.45, 7) is 7.99. The van der Waals surface area contributed by atoms with E-state index >= 15 is 0 Å². The normalized spacial score (nSPS) is 32.2. The second kappa shape index (κ2) is 9.37. The van der Waals surface area contributed by atoms with E-state index in [4.69, 9.17) is 0 Å². The van der Waals surface area contributed by atoms with Crippen LogP contribution in [-0.4, -0.2) is 39.4 Å². The van der Waals surface area contributed by atoms with E-state index in [1.165, 1.54) is 0 Å². The van der Waals surface area contributed by atoms with E-state index in [9.17, 15) is 20.1 Å². The molecule has 2 saturated carbocycles. The van der Waals surface area contributed by atoms with Crippen LogP contribution in [0.4, 0.5) is 0 Å². The highest BCUT2D eigenvalue weighted by atomic mass is 16.3. The zero-order valence-corrected chi connectivity index (χ0v) is 17.9. The first-order valence-corrected chi connectivity index (χ1v) is 11.1. The Hall–Kier alpha value is -0.450. The topological polar surface area (TPSA) is 77.8 Å². The van der Waals surface area contributed by atoms with Gasteiger partial charge < -0.3 is 15.3 Å². The molecule has 0 spiro atoms. The van der Waals surface area contributed by atoms with Crippen molar-refractivity contribution in [2.75, 3.05) is 6.61 Å². The molecule has 0 amide bonds. The molecular weight excluding hydrogens is 340 g/mol. The van der Waals surface area contributed by atoms with Gasteiger partial charge in [0.15, 0.2) is 0 Å². The van der Waals surface area contributed by atoms with Gasteiger partial charge in [0.05, 0.1) is 11.7 Å². The van der Waals surface area contributed by atoms with E-state index in [1.54, 1.807) is 13.8 Å². The molecule has 0 radical (unpaired) electrons. The Kier molecular flexibility index (Phi) is 7.92. The zero-order valence-electron chi connectivity index (χ0n) is 17.9. The van der Waals surface area contributed by atoms with Crippen LogP contribution in [0.1, 0.15) is 91.9 Å². The molecule has 0 aliphatic heterocycles. The fraction of sp³-hybridized carbons (Fsp3) is 0.957. The van der Waals surface area contributed by atoms with Gasteiger partial charge in [-0.15, -0.1) is 0 Å². The highest BCUT2D eigenvalue weighted by Crippen LogP contribution is 2.58. The van der Waals surface area contributed by atoms with E-state index in [0.717, 1.165) is 57.8 Å². The van der Waals surface area contributed by atoms with Gasteiger partial charge >= 0.3 is 0 Å². The third kappa shape index (κ3) is 5.55. The monoisotopic (exact) mass is 382 g/mol. The van der Waals surface area contributed by atoms with Crippen molar-refractivity contribution in [3.8, 4) is 0 Å². The Bertz CT molecular complexity index is 483. The molecule has 158 valence electrons. The van der Waals surface area contributed by atoms with E-state index in [1.807, 2.05) is 0 Å². The van der Waals surface area contributed by atoms with Gasteiger partial charge in [0, 0.05) is 18.9 Å². The van der Waals surface area contributed by atoms with Gasteiger partial charge in [0.25, 0.3) is 0 Å². The molecule has 0 aromatic heterocycles. The number of aliphatic hydroxyl groups excluding tert-OH is 2. The second-order valence-corrected chi connectivity index (χ2v) is 10.3. The summed E-state index contributed by atoms with van der Waals surface area (Å²) in [4.78, 5) is 12.5. The maximum atomic E-state index is 12.5. The molecule has 4 nitrogen and oxygen atoms in total. The Morgan fingerprint density at radius 1 is 1.19 bits per heavy atom. The van der Waals surface area contributed by atoms with Gasteiger partial charge in [0.1, 0.15) is 5.78 Å². The number of carbonyl (C=O) groups excluding carboxylic acids is 1. The first kappa shape index (κ1) is 22.8. The van der Waals surface area contributed by atoms with Crippen molar-refractivity contribution in [1.82, 2.24) is 0 Å². The Labute approximate surface area is 165 Å². The highest BCUT2D eigenvalue weighted by molar-refractivity contribution is 5.83. The molecule has 0 bridgehead atoms. The Morgan fingerprint density at radius 2 is 1.89 bits per heavy atom. The van der Waals surface area contributed by atoms with Crippen LogP contribution in [0.25, 0.3) is 0 Å². The minimum absolute atomic E-state index is 0.113. The molecule has 2 aliphatic carbocycles. The smallest absolute Gasteiger partial charge is 0.136 e. The third-order valence-electron chi connectivity index (χ3n) is 7.72. The van der Waals surface area contributed by atoms with Gasteiger partial charge in [-0.1, -0.05) is 26.7 Å². The summed E-state index contributed by atoms with van der Waals surface area (Å²) >= 11 is 0. The number of ketones is 1. The summed E-state index contributed by atoms with van der Waals surface area (Å²) in [5.74, 6) is 2.04. The maximum absolute atomic E-state index is 12.5. The first-order chi connectivity index (χ1) is 12.6. The quantitative estimate of drug-likeness (QED) is 0.531. The lowest BCUT2D eigenvalue weighted by atomic mass is 9.61. The molecule has 2 fully saturated rings. The average Bonchev–Trinajstić information content (AvgIpc) is 2.94. The molecule has 0 aromatic carbocycles. The van der Waals surface area contributed by atoms with Gasteiger partial charge in [0.2, 0.25) is 0 Å². The molecule has 1 unspecified atom stereocenters. The van der Waals surface area contributed by atoms with Crippen molar-refractivity contribution in [2.24, 2.45) is 29.1 Å². The predicted molar refractivity (Wildman–Crippen MR) is 108 cm³/mol. The summed E-state index contributed by atoms with van der Waals surface area (Å²) < 4.78 is 0. The van der Waals surface area contributed by atoms with Crippen molar-refractivity contribution in [3.05, 3.63) is 0 Å². The molecule has 0 saturated heterocycles. The average molecular weight is 383 g/mol. The predicted octanol–water partition coefficient (Wildman–Crippen LogP) is 4.10. The number of hydrogen-bond acceptors (Lipinski definition) is 4. The van der Waals surface area contributed by atoms with Gasteiger partial charge in [-0.05, 0) is 82.0 Å². The largest absolute Gasteiger partial charge is 0.396 e. The Balaban J connectivity index is 2.07. The summed E-state index contributed by atoms with van der Waals surface area (Å²) in [6.07, 6.45) is 9.04. The molecule has 0 heterocycles. The van der Waals surface area contributed by atoms with Gasteiger partial charge in [-0.3, -0.25) is 4.79 Å². The van der Waals surface area contributed by atoms with Crippen molar-refractivity contribution in [2.45, 2.75) is 104 Å². The van der Waals surface area contributed by atoms with E-state index in [-0.39, 0.29) is 17.9 Å². The fourth-order valence-corrected chi connectivity index (χ4v) is 5.84. The molecular formula is C23H42O4. The third-order valence-corrected chi connectivity index (χ3v) is 7.72. The van der Waals surface area contributed by atoms with Crippen molar-refractivity contribution in [1.29, 1.82) is 0 Å². The van der Waals surface area contributed by atoms with Crippen molar-refractivity contribution < 1.29 is 20.1 Å². The van der Waals surface area contributed by atoms with Crippen molar-refractivity contribution in [3.63, 3.8) is 0 Å². The van der Waals surface area contributed by atoms with E-state index < -0.39 is 11.7 Å². The molecule has 27 heavy (non-hydrogen) atoms. The molecule has 3 N–H and O–H groups in total. The van der Waals surface area contributed by atoms with Crippen LogP contribution in [0.15, 0.2) is 0 Å². The van der Waals surface area contributed by atoms with Crippen LogP contribution in [0.3, 0.4) is 0 Å². The van der Waals surface area contributed by atoms with Crippen LogP contribution in [0.5, 0.6) is 0 Å². The minimum atomic E-state index is -1.07. The first-order valence-electron chi connectivity index (χ1n) is 11.1. The van der Waals surface area contributed by atoms with Crippen LogP contribution < -0.4 is 0 Å². The molecule has 2 aliphatic rings. The lowest BCUT2D eigenvalue weighted by molar-refractivity contribution is -0.130. The number of rotatable bonds is 10. The molecule has 0 aromatic rings. The van der Waals surface area contributed by atoms with Crippen LogP contribution in [0, 0.1) is 29.1 Å². The lowest BCUT2D eigenvalue weighted by Gasteiger charge is -2.43.